The van der Waals surface area contributed by atoms with Crippen molar-refractivity contribution in [2.45, 2.75) is 45.6 Å². The molecule has 2 rings (SSSR count). The summed E-state index contributed by atoms with van der Waals surface area (Å²) in [6.07, 6.45) is 4.26. The Bertz CT molecular complexity index is 279. The second-order valence-electron chi connectivity index (χ2n) is 6.41. The molecule has 2 aliphatic rings. The van der Waals surface area contributed by atoms with Gasteiger partial charge in [0.25, 0.3) is 0 Å². The Balaban J connectivity index is 1.64. The molecular formula is C15H29N3O. The molecule has 110 valence electrons. The Morgan fingerprint density at radius 1 is 1.26 bits per heavy atom. The largest absolute Gasteiger partial charge is 0.340 e. The zero-order chi connectivity index (χ0) is 13.7. The van der Waals surface area contributed by atoms with Gasteiger partial charge in [-0.15, -0.1) is 0 Å². The minimum atomic E-state index is 0.359. The van der Waals surface area contributed by atoms with Gasteiger partial charge < -0.3 is 10.2 Å². The van der Waals surface area contributed by atoms with Gasteiger partial charge in [0.1, 0.15) is 0 Å². The zero-order valence-corrected chi connectivity index (χ0v) is 12.5. The number of hydrogen-bond donors (Lipinski definition) is 1. The average Bonchev–Trinajstić information content (AvgIpc) is 2.89. The van der Waals surface area contributed by atoms with E-state index in [4.69, 9.17) is 0 Å². The summed E-state index contributed by atoms with van der Waals surface area (Å²) >= 11 is 0. The fraction of sp³-hybridized carbons (Fsp3) is 0.933. The number of rotatable bonds is 5. The highest BCUT2D eigenvalue weighted by Gasteiger charge is 2.22. The lowest BCUT2D eigenvalue weighted by Crippen LogP contribution is -2.49. The quantitative estimate of drug-likeness (QED) is 0.816. The second kappa shape index (κ2) is 7.25. The van der Waals surface area contributed by atoms with Crippen molar-refractivity contribution in [3.63, 3.8) is 0 Å². The summed E-state index contributed by atoms with van der Waals surface area (Å²) < 4.78 is 0. The molecule has 2 aliphatic heterocycles. The van der Waals surface area contributed by atoms with Gasteiger partial charge >= 0.3 is 0 Å². The van der Waals surface area contributed by atoms with Crippen LogP contribution >= 0.6 is 0 Å². The van der Waals surface area contributed by atoms with Crippen LogP contribution in [0.25, 0.3) is 0 Å². The first-order chi connectivity index (χ1) is 9.15. The van der Waals surface area contributed by atoms with E-state index < -0.39 is 0 Å². The number of carbonyl (C=O) groups excluding carboxylic acids is 1. The van der Waals surface area contributed by atoms with Gasteiger partial charge in [-0.25, -0.2) is 0 Å². The van der Waals surface area contributed by atoms with E-state index in [9.17, 15) is 4.79 Å². The predicted molar refractivity (Wildman–Crippen MR) is 78.1 cm³/mol. The SMILES string of the molecule is CC(C)CN1CCN(C(=O)CCC2CCCN2)CC1. The van der Waals surface area contributed by atoms with E-state index in [-0.39, 0.29) is 0 Å². The van der Waals surface area contributed by atoms with Crippen LogP contribution in [0.3, 0.4) is 0 Å². The summed E-state index contributed by atoms with van der Waals surface area (Å²) in [6, 6.07) is 0.589. The second-order valence-corrected chi connectivity index (χ2v) is 6.41. The van der Waals surface area contributed by atoms with Gasteiger partial charge in [-0.2, -0.15) is 0 Å². The summed E-state index contributed by atoms with van der Waals surface area (Å²) in [5.74, 6) is 1.08. The van der Waals surface area contributed by atoms with Crippen molar-refractivity contribution in [3.05, 3.63) is 0 Å². The Morgan fingerprint density at radius 3 is 2.58 bits per heavy atom. The highest BCUT2D eigenvalue weighted by Crippen LogP contribution is 2.13. The van der Waals surface area contributed by atoms with E-state index in [1.165, 1.54) is 12.8 Å². The Kier molecular flexibility index (Phi) is 5.64. The molecule has 0 radical (unpaired) electrons. The molecule has 0 saturated carbocycles. The molecule has 4 heteroatoms. The molecule has 1 amide bonds. The lowest BCUT2D eigenvalue weighted by molar-refractivity contribution is -0.133. The van der Waals surface area contributed by atoms with Crippen molar-refractivity contribution >= 4 is 5.91 Å². The normalized spacial score (nSPS) is 25.2. The van der Waals surface area contributed by atoms with Crippen LogP contribution in [0.15, 0.2) is 0 Å². The van der Waals surface area contributed by atoms with Crippen LogP contribution in [0.4, 0.5) is 0 Å². The lowest BCUT2D eigenvalue weighted by atomic mass is 10.1. The topological polar surface area (TPSA) is 35.6 Å². The van der Waals surface area contributed by atoms with Crippen molar-refractivity contribution in [2.75, 3.05) is 39.3 Å². The van der Waals surface area contributed by atoms with Crippen molar-refractivity contribution in [2.24, 2.45) is 5.92 Å². The van der Waals surface area contributed by atoms with Crippen LogP contribution in [-0.2, 0) is 4.79 Å². The molecule has 1 atom stereocenters. The van der Waals surface area contributed by atoms with Crippen molar-refractivity contribution in [1.82, 2.24) is 15.1 Å². The third-order valence-electron chi connectivity index (χ3n) is 4.22. The van der Waals surface area contributed by atoms with Crippen LogP contribution in [0.1, 0.15) is 39.5 Å². The minimum Gasteiger partial charge on any atom is -0.340 e. The van der Waals surface area contributed by atoms with Crippen LogP contribution in [0.2, 0.25) is 0 Å². The molecule has 19 heavy (non-hydrogen) atoms. The molecule has 2 fully saturated rings. The van der Waals surface area contributed by atoms with E-state index in [2.05, 4.69) is 29.0 Å². The molecule has 4 nitrogen and oxygen atoms in total. The standard InChI is InChI=1S/C15H29N3O/c1-13(2)12-17-8-10-18(11-9-17)15(19)6-5-14-4-3-7-16-14/h13-14,16H,3-12H2,1-2H3. The van der Waals surface area contributed by atoms with Gasteiger partial charge in [-0.05, 0) is 31.7 Å². The molecule has 2 saturated heterocycles. The van der Waals surface area contributed by atoms with Crippen molar-refractivity contribution in [1.29, 1.82) is 0 Å². The average molecular weight is 267 g/mol. The van der Waals surface area contributed by atoms with Crippen LogP contribution in [-0.4, -0.2) is 61.0 Å². The highest BCUT2D eigenvalue weighted by atomic mass is 16.2. The molecule has 0 aromatic carbocycles. The first-order valence-corrected chi connectivity index (χ1v) is 7.88. The van der Waals surface area contributed by atoms with E-state index in [1.807, 2.05) is 0 Å². The maximum atomic E-state index is 12.2. The molecular weight excluding hydrogens is 238 g/mol. The number of hydrogen-bond acceptors (Lipinski definition) is 3. The fourth-order valence-corrected chi connectivity index (χ4v) is 3.16. The molecule has 0 aromatic heterocycles. The number of piperazine rings is 1. The van der Waals surface area contributed by atoms with Crippen LogP contribution < -0.4 is 5.32 Å². The van der Waals surface area contributed by atoms with Gasteiger partial charge in [0.2, 0.25) is 5.91 Å². The first-order valence-electron chi connectivity index (χ1n) is 7.88. The summed E-state index contributed by atoms with van der Waals surface area (Å²) in [6.45, 7) is 10.7. The first kappa shape index (κ1) is 14.8. The number of carbonyl (C=O) groups is 1. The lowest BCUT2D eigenvalue weighted by Gasteiger charge is -2.35. The number of nitrogens with zero attached hydrogens (tertiary/aromatic N) is 2. The van der Waals surface area contributed by atoms with Gasteiger partial charge in [0.05, 0.1) is 0 Å². The van der Waals surface area contributed by atoms with Crippen molar-refractivity contribution < 1.29 is 4.79 Å². The monoisotopic (exact) mass is 267 g/mol. The maximum absolute atomic E-state index is 12.2. The third-order valence-corrected chi connectivity index (χ3v) is 4.22. The van der Waals surface area contributed by atoms with Gasteiger partial charge in [-0.1, -0.05) is 13.8 Å². The summed E-state index contributed by atoms with van der Waals surface area (Å²) in [5.41, 5.74) is 0. The molecule has 2 heterocycles. The molecule has 0 spiro atoms. The highest BCUT2D eigenvalue weighted by molar-refractivity contribution is 5.76. The Labute approximate surface area is 117 Å². The zero-order valence-electron chi connectivity index (χ0n) is 12.5. The van der Waals surface area contributed by atoms with E-state index in [1.54, 1.807) is 0 Å². The third kappa shape index (κ3) is 4.77. The van der Waals surface area contributed by atoms with Gasteiger partial charge in [0.15, 0.2) is 0 Å². The van der Waals surface area contributed by atoms with E-state index in [0.717, 1.165) is 58.0 Å². The van der Waals surface area contributed by atoms with E-state index >= 15 is 0 Å². The summed E-state index contributed by atoms with van der Waals surface area (Å²) in [7, 11) is 0. The summed E-state index contributed by atoms with van der Waals surface area (Å²) in [4.78, 5) is 16.7. The van der Waals surface area contributed by atoms with Crippen LogP contribution in [0, 0.1) is 5.92 Å². The fourth-order valence-electron chi connectivity index (χ4n) is 3.16. The van der Waals surface area contributed by atoms with Crippen LogP contribution in [0.5, 0.6) is 0 Å². The molecule has 0 bridgehead atoms. The maximum Gasteiger partial charge on any atom is 0.222 e. The molecule has 0 aliphatic carbocycles. The summed E-state index contributed by atoms with van der Waals surface area (Å²) in [5, 5.41) is 3.46. The van der Waals surface area contributed by atoms with Gasteiger partial charge in [-0.3, -0.25) is 9.69 Å². The number of nitrogens with one attached hydrogen (secondary N) is 1. The van der Waals surface area contributed by atoms with E-state index in [0.29, 0.717) is 11.9 Å². The van der Waals surface area contributed by atoms with Gasteiger partial charge in [0, 0.05) is 45.2 Å². The molecule has 0 aromatic rings. The minimum absolute atomic E-state index is 0.359. The van der Waals surface area contributed by atoms with Crippen molar-refractivity contribution in [3.8, 4) is 0 Å². The predicted octanol–water partition coefficient (Wildman–Crippen LogP) is 1.32. The molecule has 1 N–H and O–H groups in total. The smallest absolute Gasteiger partial charge is 0.222 e. The Hall–Kier alpha value is -0.610. The molecule has 1 unspecified atom stereocenters. The Morgan fingerprint density at radius 2 is 2.00 bits per heavy atom. The number of amides is 1.